The summed E-state index contributed by atoms with van der Waals surface area (Å²) in [6, 6.07) is 0. The molecule has 1 fully saturated rings. The highest BCUT2D eigenvalue weighted by Crippen LogP contribution is 2.52. The average Bonchev–Trinajstić information content (AvgIpc) is 2.76. The summed E-state index contributed by atoms with van der Waals surface area (Å²) < 4.78 is 0. The molecule has 0 spiro atoms. The fourth-order valence-electron chi connectivity index (χ4n) is 3.24. The van der Waals surface area contributed by atoms with Crippen LogP contribution in [0.2, 0.25) is 0 Å². The van der Waals surface area contributed by atoms with Crippen molar-refractivity contribution in [3.63, 3.8) is 0 Å². The molecule has 2 heteroatoms. The van der Waals surface area contributed by atoms with Crippen molar-refractivity contribution in [2.24, 2.45) is 5.92 Å². The fourth-order valence-corrected chi connectivity index (χ4v) is 4.69. The van der Waals surface area contributed by atoms with E-state index in [-0.39, 0.29) is 0 Å². The van der Waals surface area contributed by atoms with Gasteiger partial charge in [-0.05, 0) is 43.4 Å². The van der Waals surface area contributed by atoms with Crippen molar-refractivity contribution in [1.29, 1.82) is 0 Å². The second kappa shape index (κ2) is 2.83. The van der Waals surface area contributed by atoms with Crippen molar-refractivity contribution in [3.8, 4) is 0 Å². The SMILES string of the molecule is Cc1sc2c(c1C)C(C)C1CNCC21. The number of hydrogen-bond donors (Lipinski definition) is 1. The Kier molecular flexibility index (Phi) is 1.80. The molecule has 0 bridgehead atoms. The lowest BCUT2D eigenvalue weighted by atomic mass is 9.90. The Balaban J connectivity index is 2.16. The van der Waals surface area contributed by atoms with E-state index < -0.39 is 0 Å². The number of nitrogens with one attached hydrogen (secondary N) is 1. The number of thiophene rings is 1. The predicted octanol–water partition coefficient (Wildman–Crippen LogP) is 2.79. The summed E-state index contributed by atoms with van der Waals surface area (Å²) in [5.74, 6) is 2.50. The van der Waals surface area contributed by atoms with Gasteiger partial charge in [-0.15, -0.1) is 11.3 Å². The van der Waals surface area contributed by atoms with Crippen LogP contribution in [0.1, 0.15) is 39.6 Å². The quantitative estimate of drug-likeness (QED) is 0.690. The fraction of sp³-hybridized carbons (Fsp3) is 0.667. The highest BCUT2D eigenvalue weighted by Gasteiger charge is 2.43. The molecule has 1 aliphatic carbocycles. The van der Waals surface area contributed by atoms with Crippen molar-refractivity contribution in [3.05, 3.63) is 20.9 Å². The zero-order valence-electron chi connectivity index (χ0n) is 9.05. The van der Waals surface area contributed by atoms with E-state index in [1.807, 2.05) is 11.3 Å². The van der Waals surface area contributed by atoms with Crippen molar-refractivity contribution in [2.45, 2.75) is 32.6 Å². The molecule has 0 aromatic carbocycles. The van der Waals surface area contributed by atoms with E-state index in [9.17, 15) is 0 Å². The van der Waals surface area contributed by atoms with Crippen molar-refractivity contribution >= 4 is 11.3 Å². The highest BCUT2D eigenvalue weighted by molar-refractivity contribution is 7.12. The third kappa shape index (κ3) is 0.934. The Morgan fingerprint density at radius 2 is 2.07 bits per heavy atom. The van der Waals surface area contributed by atoms with Crippen LogP contribution in [0, 0.1) is 19.8 Å². The monoisotopic (exact) mass is 207 g/mol. The van der Waals surface area contributed by atoms with E-state index in [1.54, 1.807) is 16.0 Å². The maximum absolute atomic E-state index is 3.53. The smallest absolute Gasteiger partial charge is 0.0133 e. The zero-order chi connectivity index (χ0) is 9.87. The summed E-state index contributed by atoms with van der Waals surface area (Å²) in [7, 11) is 0. The van der Waals surface area contributed by atoms with Gasteiger partial charge in [0.05, 0.1) is 0 Å². The number of fused-ring (bicyclic) bond motifs is 3. The Morgan fingerprint density at radius 1 is 1.29 bits per heavy atom. The largest absolute Gasteiger partial charge is 0.316 e. The van der Waals surface area contributed by atoms with E-state index in [2.05, 4.69) is 26.1 Å². The zero-order valence-corrected chi connectivity index (χ0v) is 9.87. The van der Waals surface area contributed by atoms with Crippen LogP contribution in [0.15, 0.2) is 0 Å². The van der Waals surface area contributed by atoms with Crippen LogP contribution in [-0.2, 0) is 0 Å². The summed E-state index contributed by atoms with van der Waals surface area (Å²) in [5, 5.41) is 3.53. The third-order valence-electron chi connectivity index (χ3n) is 4.16. The lowest BCUT2D eigenvalue weighted by Crippen LogP contribution is -2.13. The molecule has 1 aromatic rings. The summed E-state index contributed by atoms with van der Waals surface area (Å²) in [5.41, 5.74) is 3.27. The molecular weight excluding hydrogens is 190 g/mol. The van der Waals surface area contributed by atoms with Gasteiger partial charge in [-0.25, -0.2) is 0 Å². The van der Waals surface area contributed by atoms with Gasteiger partial charge in [0.25, 0.3) is 0 Å². The molecule has 1 aromatic heterocycles. The molecule has 1 N–H and O–H groups in total. The lowest BCUT2D eigenvalue weighted by Gasteiger charge is -2.14. The molecule has 2 aliphatic rings. The molecule has 3 rings (SSSR count). The van der Waals surface area contributed by atoms with Crippen molar-refractivity contribution in [2.75, 3.05) is 13.1 Å². The Hall–Kier alpha value is -0.340. The van der Waals surface area contributed by atoms with E-state index in [1.165, 1.54) is 18.0 Å². The van der Waals surface area contributed by atoms with Gasteiger partial charge in [0, 0.05) is 22.2 Å². The molecule has 76 valence electrons. The van der Waals surface area contributed by atoms with Crippen LogP contribution in [0.25, 0.3) is 0 Å². The van der Waals surface area contributed by atoms with E-state index in [0.29, 0.717) is 0 Å². The van der Waals surface area contributed by atoms with Gasteiger partial charge in [-0.2, -0.15) is 0 Å². The Labute approximate surface area is 89.5 Å². The van der Waals surface area contributed by atoms with E-state index in [0.717, 1.165) is 17.8 Å². The summed E-state index contributed by atoms with van der Waals surface area (Å²) in [6.07, 6.45) is 0. The maximum atomic E-state index is 3.53. The first kappa shape index (κ1) is 8.93. The molecule has 1 nitrogen and oxygen atoms in total. The van der Waals surface area contributed by atoms with Crippen LogP contribution in [-0.4, -0.2) is 13.1 Å². The van der Waals surface area contributed by atoms with Crippen LogP contribution >= 0.6 is 11.3 Å². The number of rotatable bonds is 0. The first-order valence-electron chi connectivity index (χ1n) is 5.50. The molecule has 1 saturated heterocycles. The molecule has 3 atom stereocenters. The topological polar surface area (TPSA) is 12.0 Å². The van der Waals surface area contributed by atoms with Crippen LogP contribution < -0.4 is 5.32 Å². The minimum Gasteiger partial charge on any atom is -0.316 e. The molecule has 3 unspecified atom stereocenters. The van der Waals surface area contributed by atoms with Crippen LogP contribution in [0.5, 0.6) is 0 Å². The highest BCUT2D eigenvalue weighted by atomic mass is 32.1. The van der Waals surface area contributed by atoms with E-state index >= 15 is 0 Å². The predicted molar refractivity (Wildman–Crippen MR) is 61.3 cm³/mol. The molecule has 0 saturated carbocycles. The number of aryl methyl sites for hydroxylation is 1. The molecular formula is C12H17NS. The molecule has 0 radical (unpaired) electrons. The van der Waals surface area contributed by atoms with Gasteiger partial charge in [-0.1, -0.05) is 6.92 Å². The first-order chi connectivity index (χ1) is 6.70. The first-order valence-corrected chi connectivity index (χ1v) is 6.32. The van der Waals surface area contributed by atoms with Crippen molar-refractivity contribution < 1.29 is 0 Å². The van der Waals surface area contributed by atoms with Gasteiger partial charge < -0.3 is 5.32 Å². The minimum absolute atomic E-state index is 0.787. The molecule has 2 heterocycles. The summed E-state index contributed by atoms with van der Waals surface area (Å²) in [6.45, 7) is 9.42. The Morgan fingerprint density at radius 3 is 2.86 bits per heavy atom. The van der Waals surface area contributed by atoms with Gasteiger partial charge >= 0.3 is 0 Å². The maximum Gasteiger partial charge on any atom is 0.0133 e. The summed E-state index contributed by atoms with van der Waals surface area (Å²) in [4.78, 5) is 3.23. The molecule has 14 heavy (non-hydrogen) atoms. The van der Waals surface area contributed by atoms with Gasteiger partial charge in [-0.3, -0.25) is 0 Å². The van der Waals surface area contributed by atoms with Gasteiger partial charge in [0.15, 0.2) is 0 Å². The standard InChI is InChI=1S/C12H17NS/c1-6-8(3)14-12-10-5-13-4-9(10)7(2)11(6)12/h7,9-10,13H,4-5H2,1-3H3. The van der Waals surface area contributed by atoms with Crippen molar-refractivity contribution in [1.82, 2.24) is 5.32 Å². The van der Waals surface area contributed by atoms with Gasteiger partial charge in [0.2, 0.25) is 0 Å². The molecule has 1 aliphatic heterocycles. The molecule has 0 amide bonds. The second-order valence-electron chi connectivity index (χ2n) is 4.78. The van der Waals surface area contributed by atoms with Gasteiger partial charge in [0.1, 0.15) is 0 Å². The Bertz CT molecular complexity index is 380. The third-order valence-corrected chi connectivity index (χ3v) is 5.51. The van der Waals surface area contributed by atoms with E-state index in [4.69, 9.17) is 0 Å². The average molecular weight is 207 g/mol. The summed E-state index contributed by atoms with van der Waals surface area (Å²) >= 11 is 2.04. The number of hydrogen-bond acceptors (Lipinski definition) is 2. The normalized spacial score (nSPS) is 34.6. The van der Waals surface area contributed by atoms with Crippen LogP contribution in [0.3, 0.4) is 0 Å². The second-order valence-corrected chi connectivity index (χ2v) is 6.03. The van der Waals surface area contributed by atoms with Crippen LogP contribution in [0.4, 0.5) is 0 Å². The minimum atomic E-state index is 0.787. The lowest BCUT2D eigenvalue weighted by molar-refractivity contribution is 0.487.